The monoisotopic (exact) mass is 264 g/mol. The predicted octanol–water partition coefficient (Wildman–Crippen LogP) is 3.02. The first-order valence-electron chi connectivity index (χ1n) is 6.23. The van der Waals surface area contributed by atoms with Gasteiger partial charge in [0.15, 0.2) is 0 Å². The molecule has 1 atom stereocenters. The Hall–Kier alpha value is -2.04. The van der Waals surface area contributed by atoms with E-state index in [0.717, 1.165) is 6.42 Å². The molecule has 1 N–H and O–H groups in total. The van der Waals surface area contributed by atoms with E-state index in [1.807, 2.05) is 19.1 Å². The van der Waals surface area contributed by atoms with Crippen molar-refractivity contribution in [2.45, 2.75) is 19.4 Å². The highest BCUT2D eigenvalue weighted by Gasteiger charge is 2.23. The Bertz CT molecular complexity index is 502. The zero-order valence-electron chi connectivity index (χ0n) is 11.0. The molecule has 102 valence electrons. The molecule has 0 bridgehead atoms. The summed E-state index contributed by atoms with van der Waals surface area (Å²) in [5.41, 5.74) is 0.342. The van der Waals surface area contributed by atoms with E-state index < -0.39 is 5.82 Å². The summed E-state index contributed by atoms with van der Waals surface area (Å²) < 4.78 is 18.3. The van der Waals surface area contributed by atoms with Gasteiger partial charge in [0.1, 0.15) is 11.6 Å². The molecular formula is C14H17FN2O2. The Morgan fingerprint density at radius 1 is 1.58 bits per heavy atom. The number of carbonyl (C=O) groups is 1. The zero-order valence-corrected chi connectivity index (χ0v) is 11.0. The normalized spacial score (nSPS) is 17.6. The first-order chi connectivity index (χ1) is 9.15. The molecule has 5 heteroatoms. The Balaban J connectivity index is 2.13. The lowest BCUT2D eigenvalue weighted by Gasteiger charge is -2.24. The zero-order chi connectivity index (χ0) is 13.8. The van der Waals surface area contributed by atoms with E-state index in [1.165, 1.54) is 25.3 Å². The van der Waals surface area contributed by atoms with Crippen LogP contribution in [-0.4, -0.2) is 30.6 Å². The van der Waals surface area contributed by atoms with E-state index in [4.69, 9.17) is 4.74 Å². The van der Waals surface area contributed by atoms with Crippen molar-refractivity contribution in [2.75, 3.05) is 19.0 Å². The number of nitrogens with one attached hydrogen (secondary N) is 1. The number of halogens is 1. The van der Waals surface area contributed by atoms with Crippen LogP contribution in [0.1, 0.15) is 13.3 Å². The molecule has 0 fully saturated rings. The second kappa shape index (κ2) is 5.73. The minimum atomic E-state index is -0.414. The smallest absolute Gasteiger partial charge is 0.322 e. The van der Waals surface area contributed by atoms with Crippen LogP contribution in [0.2, 0.25) is 0 Å². The summed E-state index contributed by atoms with van der Waals surface area (Å²) in [5, 5.41) is 2.69. The molecule has 0 radical (unpaired) electrons. The summed E-state index contributed by atoms with van der Waals surface area (Å²) >= 11 is 0. The molecule has 0 aromatic heterocycles. The Labute approximate surface area is 111 Å². The van der Waals surface area contributed by atoms with Gasteiger partial charge in [-0.05, 0) is 18.6 Å². The quantitative estimate of drug-likeness (QED) is 0.853. The number of methoxy groups -OCH3 is 1. The number of rotatable bonds is 3. The lowest BCUT2D eigenvalue weighted by molar-refractivity contribution is 0.209. The second-order valence-corrected chi connectivity index (χ2v) is 4.33. The van der Waals surface area contributed by atoms with E-state index in [2.05, 4.69) is 5.32 Å². The molecule has 0 saturated heterocycles. The number of carbonyl (C=O) groups excluding carboxylic acids is 1. The van der Waals surface area contributed by atoms with E-state index in [0.29, 0.717) is 18.0 Å². The fourth-order valence-corrected chi connectivity index (χ4v) is 2.13. The van der Waals surface area contributed by atoms with Gasteiger partial charge in [-0.2, -0.15) is 0 Å². The summed E-state index contributed by atoms with van der Waals surface area (Å²) in [7, 11) is 1.48. The van der Waals surface area contributed by atoms with Gasteiger partial charge in [0.25, 0.3) is 0 Å². The molecule has 1 aliphatic heterocycles. The molecule has 2 rings (SSSR count). The molecule has 19 heavy (non-hydrogen) atoms. The van der Waals surface area contributed by atoms with Crippen LogP contribution in [0.25, 0.3) is 0 Å². The molecule has 0 aliphatic carbocycles. The number of urea groups is 1. The van der Waals surface area contributed by atoms with Crippen LogP contribution < -0.4 is 10.1 Å². The van der Waals surface area contributed by atoms with Crippen LogP contribution in [0.3, 0.4) is 0 Å². The molecule has 4 nitrogen and oxygen atoms in total. The lowest BCUT2D eigenvalue weighted by atomic mass is 10.2. The van der Waals surface area contributed by atoms with Crippen molar-refractivity contribution in [1.82, 2.24) is 4.90 Å². The first-order valence-corrected chi connectivity index (χ1v) is 6.23. The third-order valence-electron chi connectivity index (χ3n) is 3.14. The molecule has 1 unspecified atom stereocenters. The van der Waals surface area contributed by atoms with Gasteiger partial charge in [-0.15, -0.1) is 0 Å². The summed E-state index contributed by atoms with van der Waals surface area (Å²) in [6.07, 6.45) is 4.81. The van der Waals surface area contributed by atoms with Crippen molar-refractivity contribution in [3.8, 4) is 5.75 Å². The summed E-state index contributed by atoms with van der Waals surface area (Å²) in [4.78, 5) is 13.9. The number of benzene rings is 1. The van der Waals surface area contributed by atoms with E-state index in [1.54, 1.807) is 4.90 Å². The van der Waals surface area contributed by atoms with Crippen molar-refractivity contribution in [3.63, 3.8) is 0 Å². The largest absolute Gasteiger partial charge is 0.495 e. The van der Waals surface area contributed by atoms with Crippen molar-refractivity contribution in [3.05, 3.63) is 36.2 Å². The summed E-state index contributed by atoms with van der Waals surface area (Å²) in [6.45, 7) is 2.59. The lowest BCUT2D eigenvalue weighted by Crippen LogP contribution is -2.38. The van der Waals surface area contributed by atoms with Crippen LogP contribution in [-0.2, 0) is 0 Å². The maximum absolute atomic E-state index is 13.2. The summed E-state index contributed by atoms with van der Waals surface area (Å²) in [6, 6.07) is 3.88. The second-order valence-electron chi connectivity index (χ2n) is 4.33. The van der Waals surface area contributed by atoms with Crippen LogP contribution in [0.4, 0.5) is 14.9 Å². The molecule has 2 amide bonds. The number of ether oxygens (including phenoxy) is 1. The van der Waals surface area contributed by atoms with Crippen LogP contribution >= 0.6 is 0 Å². The van der Waals surface area contributed by atoms with Gasteiger partial charge < -0.3 is 15.0 Å². The van der Waals surface area contributed by atoms with Crippen molar-refractivity contribution in [1.29, 1.82) is 0 Å². The molecule has 0 saturated carbocycles. The Morgan fingerprint density at radius 3 is 3.05 bits per heavy atom. The fourth-order valence-electron chi connectivity index (χ4n) is 2.13. The van der Waals surface area contributed by atoms with Gasteiger partial charge in [-0.25, -0.2) is 9.18 Å². The van der Waals surface area contributed by atoms with Gasteiger partial charge in [-0.1, -0.05) is 19.1 Å². The van der Waals surface area contributed by atoms with Crippen molar-refractivity contribution >= 4 is 11.7 Å². The number of hydrogen-bond donors (Lipinski definition) is 1. The standard InChI is InChI=1S/C14H17FN2O2/c1-3-11-5-4-8-17(11)14(18)16-12-9-10(15)6-7-13(12)19-2/h4-7,9,11H,3,8H2,1-2H3,(H,16,18). The average Bonchev–Trinajstić information content (AvgIpc) is 2.87. The fraction of sp³-hybridized carbons (Fsp3) is 0.357. The SMILES string of the molecule is CCC1C=CCN1C(=O)Nc1cc(F)ccc1OC. The Morgan fingerprint density at radius 2 is 2.37 bits per heavy atom. The maximum Gasteiger partial charge on any atom is 0.322 e. The predicted molar refractivity (Wildman–Crippen MR) is 71.9 cm³/mol. The van der Waals surface area contributed by atoms with Crippen LogP contribution in [0.5, 0.6) is 5.75 Å². The molecule has 1 aromatic carbocycles. The molecule has 1 aromatic rings. The topological polar surface area (TPSA) is 41.6 Å². The minimum absolute atomic E-state index is 0.0968. The van der Waals surface area contributed by atoms with Gasteiger partial charge in [0.2, 0.25) is 0 Å². The van der Waals surface area contributed by atoms with E-state index in [-0.39, 0.29) is 12.1 Å². The van der Waals surface area contributed by atoms with E-state index in [9.17, 15) is 9.18 Å². The van der Waals surface area contributed by atoms with Crippen LogP contribution in [0.15, 0.2) is 30.4 Å². The highest BCUT2D eigenvalue weighted by Crippen LogP contribution is 2.26. The van der Waals surface area contributed by atoms with Crippen molar-refractivity contribution < 1.29 is 13.9 Å². The number of nitrogens with zero attached hydrogens (tertiary/aromatic N) is 1. The first kappa shape index (κ1) is 13.4. The molecule has 1 aliphatic rings. The number of hydrogen-bond acceptors (Lipinski definition) is 2. The summed E-state index contributed by atoms with van der Waals surface area (Å²) in [5.74, 6) is 0.0256. The third kappa shape index (κ3) is 2.86. The van der Waals surface area contributed by atoms with Gasteiger partial charge >= 0.3 is 6.03 Å². The molecule has 1 heterocycles. The van der Waals surface area contributed by atoms with Gasteiger partial charge in [0, 0.05) is 12.6 Å². The van der Waals surface area contributed by atoms with Gasteiger partial charge in [-0.3, -0.25) is 0 Å². The van der Waals surface area contributed by atoms with E-state index >= 15 is 0 Å². The Kier molecular flexibility index (Phi) is 4.04. The molecule has 0 spiro atoms. The van der Waals surface area contributed by atoms with Crippen molar-refractivity contribution in [2.24, 2.45) is 0 Å². The van der Waals surface area contributed by atoms with Crippen LogP contribution in [0, 0.1) is 5.82 Å². The minimum Gasteiger partial charge on any atom is -0.495 e. The van der Waals surface area contributed by atoms with Gasteiger partial charge in [0.05, 0.1) is 18.8 Å². The highest BCUT2D eigenvalue weighted by molar-refractivity contribution is 5.91. The highest BCUT2D eigenvalue weighted by atomic mass is 19.1. The third-order valence-corrected chi connectivity index (χ3v) is 3.14. The average molecular weight is 264 g/mol. The number of anilines is 1. The maximum atomic E-state index is 13.2. The number of amides is 2. The molecular weight excluding hydrogens is 247 g/mol.